The SMILES string of the molecule is O=C(Nc1ccc(S(=O)(=O)Nc2ncccn2)cc1)c1c2c(nc3ccc(Cl)cc13)CCC2. The number of benzene rings is 2. The van der Waals surface area contributed by atoms with E-state index in [4.69, 9.17) is 16.6 Å². The molecular weight excluding hydrogens is 462 g/mol. The number of nitrogens with one attached hydrogen (secondary N) is 2. The van der Waals surface area contributed by atoms with Gasteiger partial charge in [-0.3, -0.25) is 9.78 Å². The van der Waals surface area contributed by atoms with Crippen LogP contribution in [0.3, 0.4) is 0 Å². The summed E-state index contributed by atoms with van der Waals surface area (Å²) in [7, 11) is -3.86. The minimum Gasteiger partial charge on any atom is -0.322 e. The molecule has 0 saturated heterocycles. The maximum Gasteiger partial charge on any atom is 0.264 e. The molecule has 8 nitrogen and oxygen atoms in total. The second-order valence-electron chi connectivity index (χ2n) is 7.58. The zero-order valence-corrected chi connectivity index (χ0v) is 18.8. The third kappa shape index (κ3) is 4.24. The molecule has 0 atom stereocenters. The maximum absolute atomic E-state index is 13.3. The number of carbonyl (C=O) groups is 1. The molecule has 2 N–H and O–H groups in total. The summed E-state index contributed by atoms with van der Waals surface area (Å²) in [4.78, 5) is 25.7. The van der Waals surface area contributed by atoms with Crippen molar-refractivity contribution in [3.63, 3.8) is 0 Å². The van der Waals surface area contributed by atoms with Crippen LogP contribution in [0.25, 0.3) is 10.9 Å². The number of aryl methyl sites for hydroxylation is 1. The Morgan fingerprint density at radius 2 is 1.76 bits per heavy atom. The summed E-state index contributed by atoms with van der Waals surface area (Å²) >= 11 is 6.19. The van der Waals surface area contributed by atoms with Crippen LogP contribution in [0.1, 0.15) is 28.0 Å². The molecule has 1 amide bonds. The fourth-order valence-corrected chi connectivity index (χ4v) is 5.07. The molecule has 10 heteroatoms. The molecule has 0 radical (unpaired) electrons. The predicted octanol–water partition coefficient (Wildman–Crippen LogP) is 4.22. The molecular formula is C23H18ClN5O3S. The Balaban J connectivity index is 1.42. The summed E-state index contributed by atoms with van der Waals surface area (Å²) in [6.45, 7) is 0. The molecule has 0 aliphatic heterocycles. The fourth-order valence-electron chi connectivity index (χ4n) is 3.94. The molecule has 5 rings (SSSR count). The highest BCUT2D eigenvalue weighted by Crippen LogP contribution is 2.32. The van der Waals surface area contributed by atoms with Crippen molar-refractivity contribution in [2.45, 2.75) is 24.2 Å². The number of aromatic nitrogens is 3. The molecule has 0 spiro atoms. The molecule has 0 saturated carbocycles. The first-order valence-electron chi connectivity index (χ1n) is 10.2. The topological polar surface area (TPSA) is 114 Å². The van der Waals surface area contributed by atoms with Crippen molar-refractivity contribution in [2.24, 2.45) is 0 Å². The number of rotatable bonds is 5. The van der Waals surface area contributed by atoms with Gasteiger partial charge in [-0.1, -0.05) is 11.6 Å². The lowest BCUT2D eigenvalue weighted by molar-refractivity contribution is 0.102. The van der Waals surface area contributed by atoms with Gasteiger partial charge in [-0.15, -0.1) is 0 Å². The van der Waals surface area contributed by atoms with E-state index in [9.17, 15) is 13.2 Å². The lowest BCUT2D eigenvalue weighted by Gasteiger charge is -2.13. The van der Waals surface area contributed by atoms with E-state index in [2.05, 4.69) is 20.0 Å². The first kappa shape index (κ1) is 21.3. The Kier molecular flexibility index (Phi) is 5.43. The van der Waals surface area contributed by atoms with Crippen LogP contribution in [-0.4, -0.2) is 29.3 Å². The molecule has 0 fully saturated rings. The zero-order valence-electron chi connectivity index (χ0n) is 17.2. The summed E-state index contributed by atoms with van der Waals surface area (Å²) < 4.78 is 27.4. The van der Waals surface area contributed by atoms with Crippen LogP contribution < -0.4 is 10.0 Å². The molecule has 0 unspecified atom stereocenters. The smallest absolute Gasteiger partial charge is 0.264 e. The zero-order chi connectivity index (χ0) is 23.0. The van der Waals surface area contributed by atoms with Crippen LogP contribution in [0.4, 0.5) is 11.6 Å². The van der Waals surface area contributed by atoms with Gasteiger partial charge < -0.3 is 5.32 Å². The van der Waals surface area contributed by atoms with Crippen LogP contribution in [0, 0.1) is 0 Å². The number of sulfonamides is 1. The molecule has 2 aromatic heterocycles. The van der Waals surface area contributed by atoms with E-state index >= 15 is 0 Å². The number of hydrogen-bond acceptors (Lipinski definition) is 6. The van der Waals surface area contributed by atoms with E-state index in [1.54, 1.807) is 18.2 Å². The number of halogens is 1. The molecule has 2 heterocycles. The molecule has 1 aliphatic rings. The number of amides is 1. The second kappa shape index (κ2) is 8.42. The number of fused-ring (bicyclic) bond motifs is 2. The summed E-state index contributed by atoms with van der Waals surface area (Å²) in [6, 6.07) is 12.8. The van der Waals surface area contributed by atoms with Gasteiger partial charge in [0.1, 0.15) is 0 Å². The number of pyridine rings is 1. The quantitative estimate of drug-likeness (QED) is 0.443. The average Bonchev–Trinajstić information content (AvgIpc) is 3.26. The van der Waals surface area contributed by atoms with E-state index in [0.717, 1.165) is 36.0 Å². The Bertz CT molecular complexity index is 1480. The monoisotopic (exact) mass is 479 g/mol. The number of carbonyl (C=O) groups excluding carboxylic acids is 1. The maximum atomic E-state index is 13.3. The largest absolute Gasteiger partial charge is 0.322 e. The van der Waals surface area contributed by atoms with Gasteiger partial charge in [0.15, 0.2) is 0 Å². The van der Waals surface area contributed by atoms with Crippen molar-refractivity contribution < 1.29 is 13.2 Å². The van der Waals surface area contributed by atoms with Gasteiger partial charge in [-0.25, -0.2) is 23.1 Å². The number of anilines is 2. The van der Waals surface area contributed by atoms with Gasteiger partial charge in [0.2, 0.25) is 5.95 Å². The molecule has 33 heavy (non-hydrogen) atoms. The van der Waals surface area contributed by atoms with Gasteiger partial charge in [0.25, 0.3) is 15.9 Å². The highest BCUT2D eigenvalue weighted by atomic mass is 35.5. The normalized spacial score (nSPS) is 13.0. The van der Waals surface area contributed by atoms with Gasteiger partial charge in [0, 0.05) is 34.2 Å². The standard InChI is InChI=1S/C23H18ClN5O3S/c24-14-5-10-20-18(13-14)21(17-3-1-4-19(17)28-20)22(30)27-15-6-8-16(9-7-15)33(31,32)29-23-25-11-2-12-26-23/h2,5-13H,1,3-4H2,(H,27,30)(H,25,26,29). The minimum atomic E-state index is -3.86. The van der Waals surface area contributed by atoms with Gasteiger partial charge in [-0.2, -0.15) is 0 Å². The van der Waals surface area contributed by atoms with Crippen molar-refractivity contribution >= 4 is 50.1 Å². The summed E-state index contributed by atoms with van der Waals surface area (Å²) in [5.74, 6) is -0.304. The fraction of sp³-hybridized carbons (Fsp3) is 0.130. The summed E-state index contributed by atoms with van der Waals surface area (Å²) in [5, 5.41) is 4.11. The van der Waals surface area contributed by atoms with Gasteiger partial charge in [-0.05, 0) is 73.4 Å². The Hall–Kier alpha value is -3.56. The average molecular weight is 480 g/mol. The van der Waals surface area contributed by atoms with Crippen molar-refractivity contribution in [3.05, 3.63) is 82.8 Å². The summed E-state index contributed by atoms with van der Waals surface area (Å²) in [5.41, 5.74) is 3.63. The molecule has 2 aromatic carbocycles. The Morgan fingerprint density at radius 1 is 1.00 bits per heavy atom. The second-order valence-corrected chi connectivity index (χ2v) is 9.70. The number of hydrogen-bond donors (Lipinski definition) is 2. The Labute approximate surface area is 195 Å². The van der Waals surface area contributed by atoms with Crippen molar-refractivity contribution in [1.29, 1.82) is 0 Å². The van der Waals surface area contributed by atoms with E-state index in [0.29, 0.717) is 21.7 Å². The van der Waals surface area contributed by atoms with Crippen LogP contribution >= 0.6 is 11.6 Å². The molecule has 1 aliphatic carbocycles. The van der Waals surface area contributed by atoms with Crippen LogP contribution in [0.5, 0.6) is 0 Å². The predicted molar refractivity (Wildman–Crippen MR) is 126 cm³/mol. The number of nitrogens with zero attached hydrogens (tertiary/aromatic N) is 3. The molecule has 4 aromatic rings. The van der Waals surface area contributed by atoms with Crippen molar-refractivity contribution in [1.82, 2.24) is 15.0 Å². The highest BCUT2D eigenvalue weighted by Gasteiger charge is 2.24. The molecule has 0 bridgehead atoms. The van der Waals surface area contributed by atoms with Crippen LogP contribution in [0.2, 0.25) is 5.02 Å². The highest BCUT2D eigenvalue weighted by molar-refractivity contribution is 7.92. The van der Waals surface area contributed by atoms with E-state index in [-0.39, 0.29) is 16.8 Å². The van der Waals surface area contributed by atoms with E-state index < -0.39 is 10.0 Å². The van der Waals surface area contributed by atoms with E-state index in [1.165, 1.54) is 36.7 Å². The summed E-state index contributed by atoms with van der Waals surface area (Å²) in [6.07, 6.45) is 5.43. The van der Waals surface area contributed by atoms with Gasteiger partial charge in [0.05, 0.1) is 16.0 Å². The van der Waals surface area contributed by atoms with Gasteiger partial charge >= 0.3 is 0 Å². The lowest BCUT2D eigenvalue weighted by Crippen LogP contribution is -2.17. The van der Waals surface area contributed by atoms with Crippen LogP contribution in [0.15, 0.2) is 65.8 Å². The Morgan fingerprint density at radius 3 is 2.52 bits per heavy atom. The first-order valence-corrected chi connectivity index (χ1v) is 12.1. The third-order valence-corrected chi connectivity index (χ3v) is 6.99. The van der Waals surface area contributed by atoms with E-state index in [1.807, 2.05) is 6.07 Å². The van der Waals surface area contributed by atoms with Crippen molar-refractivity contribution in [2.75, 3.05) is 10.0 Å². The van der Waals surface area contributed by atoms with Crippen molar-refractivity contribution in [3.8, 4) is 0 Å². The third-order valence-electron chi connectivity index (χ3n) is 5.41. The lowest BCUT2D eigenvalue weighted by atomic mass is 10.0. The first-order chi connectivity index (χ1) is 15.9. The van der Waals surface area contributed by atoms with Crippen LogP contribution in [-0.2, 0) is 22.9 Å². The minimum absolute atomic E-state index is 0.0213. The molecule has 166 valence electrons.